The van der Waals surface area contributed by atoms with Crippen LogP contribution in [-0.2, 0) is 14.3 Å². The van der Waals surface area contributed by atoms with Crippen LogP contribution in [0, 0.1) is 6.92 Å². The van der Waals surface area contributed by atoms with Crippen LogP contribution in [0.5, 0.6) is 0 Å². The van der Waals surface area contributed by atoms with E-state index in [2.05, 4.69) is 19.6 Å². The van der Waals surface area contributed by atoms with Crippen molar-refractivity contribution in [1.82, 2.24) is 0 Å². The van der Waals surface area contributed by atoms with Gasteiger partial charge in [-0.2, -0.15) is 8.42 Å². The Morgan fingerprint density at radius 3 is 2.08 bits per heavy atom. The Labute approximate surface area is 157 Å². The van der Waals surface area contributed by atoms with E-state index in [9.17, 15) is 8.42 Å². The summed E-state index contributed by atoms with van der Waals surface area (Å²) >= 11 is 5.97. The fourth-order valence-corrected chi connectivity index (χ4v) is 5.60. The van der Waals surface area contributed by atoms with Gasteiger partial charge in [0.05, 0.1) is 11.5 Å². The summed E-state index contributed by atoms with van der Waals surface area (Å²) in [5.41, 5.74) is 2.07. The third kappa shape index (κ3) is 6.26. The zero-order valence-electron chi connectivity index (χ0n) is 15.1. The topological polar surface area (TPSA) is 43.4 Å². The van der Waals surface area contributed by atoms with Gasteiger partial charge in [-0.15, -0.1) is 0 Å². The van der Waals surface area contributed by atoms with Crippen LogP contribution in [0.15, 0.2) is 53.4 Å². The lowest BCUT2D eigenvalue weighted by atomic mass is 10.0. The number of aryl methyl sites for hydroxylation is 1. The van der Waals surface area contributed by atoms with Gasteiger partial charge in [0.1, 0.15) is 0 Å². The molecule has 0 bridgehead atoms. The SMILES string of the molecule is Cc1ccc(S(=O)(=O)OCC(C[Si](C)(C)C)c2ccc(Cl)cc2)cc1. The molecule has 0 fully saturated rings. The van der Waals surface area contributed by atoms with Crippen molar-refractivity contribution >= 4 is 29.8 Å². The molecule has 0 saturated heterocycles. The smallest absolute Gasteiger partial charge is 0.266 e. The van der Waals surface area contributed by atoms with Crippen LogP contribution in [0.25, 0.3) is 0 Å². The molecule has 1 atom stereocenters. The second-order valence-corrected chi connectivity index (χ2v) is 15.1. The van der Waals surface area contributed by atoms with Gasteiger partial charge in [-0.05, 0) is 42.8 Å². The van der Waals surface area contributed by atoms with Crippen LogP contribution in [0.3, 0.4) is 0 Å². The van der Waals surface area contributed by atoms with Gasteiger partial charge in [-0.25, -0.2) is 0 Å². The van der Waals surface area contributed by atoms with Crippen molar-refractivity contribution in [2.75, 3.05) is 6.61 Å². The van der Waals surface area contributed by atoms with Gasteiger partial charge in [0.2, 0.25) is 0 Å². The maximum absolute atomic E-state index is 12.5. The lowest BCUT2D eigenvalue weighted by Gasteiger charge is -2.25. The van der Waals surface area contributed by atoms with Crippen molar-refractivity contribution < 1.29 is 12.6 Å². The first-order chi connectivity index (χ1) is 11.6. The predicted octanol–water partition coefficient (Wildman–Crippen LogP) is 5.48. The summed E-state index contributed by atoms with van der Waals surface area (Å²) in [6, 6.07) is 15.2. The maximum atomic E-state index is 12.5. The Kier molecular flexibility index (Phi) is 6.49. The molecule has 0 aromatic heterocycles. The highest BCUT2D eigenvalue weighted by atomic mass is 35.5. The van der Waals surface area contributed by atoms with Crippen LogP contribution in [-0.4, -0.2) is 23.1 Å². The lowest BCUT2D eigenvalue weighted by molar-refractivity contribution is 0.297. The Hall–Kier alpha value is -1.14. The van der Waals surface area contributed by atoms with Crippen LogP contribution >= 0.6 is 11.6 Å². The van der Waals surface area contributed by atoms with Crippen LogP contribution in [0.4, 0.5) is 0 Å². The summed E-state index contributed by atoms with van der Waals surface area (Å²) in [7, 11) is -5.16. The van der Waals surface area contributed by atoms with Crippen molar-refractivity contribution in [3.05, 3.63) is 64.7 Å². The molecule has 0 aliphatic heterocycles. The standard InChI is InChI=1S/C19H25ClO3SSi/c1-15-5-11-19(12-6-15)24(21,22)23-13-17(14-25(2,3)4)16-7-9-18(20)10-8-16/h5-12,17H,13-14H2,1-4H3. The normalized spacial score (nSPS) is 13.6. The van der Waals surface area contributed by atoms with E-state index in [-0.39, 0.29) is 17.4 Å². The highest BCUT2D eigenvalue weighted by Gasteiger charge is 2.25. The largest absolute Gasteiger partial charge is 0.296 e. The molecule has 0 spiro atoms. The van der Waals surface area contributed by atoms with Gasteiger partial charge < -0.3 is 0 Å². The van der Waals surface area contributed by atoms with E-state index in [4.69, 9.17) is 15.8 Å². The Morgan fingerprint density at radius 1 is 1.00 bits per heavy atom. The molecule has 2 aromatic carbocycles. The number of rotatable bonds is 7. The van der Waals surface area contributed by atoms with Crippen molar-refractivity contribution in [3.8, 4) is 0 Å². The van der Waals surface area contributed by atoms with Crippen molar-refractivity contribution in [1.29, 1.82) is 0 Å². The van der Waals surface area contributed by atoms with E-state index in [1.165, 1.54) is 0 Å². The van der Waals surface area contributed by atoms with E-state index in [0.29, 0.717) is 5.02 Å². The maximum Gasteiger partial charge on any atom is 0.296 e. The molecule has 6 heteroatoms. The van der Waals surface area contributed by atoms with E-state index in [1.54, 1.807) is 24.3 Å². The molecule has 0 amide bonds. The van der Waals surface area contributed by atoms with E-state index >= 15 is 0 Å². The van der Waals surface area contributed by atoms with Crippen LogP contribution in [0.1, 0.15) is 17.0 Å². The first-order valence-corrected chi connectivity index (χ1v) is 13.8. The predicted molar refractivity (Wildman–Crippen MR) is 107 cm³/mol. The average Bonchev–Trinajstić information content (AvgIpc) is 2.52. The monoisotopic (exact) mass is 396 g/mol. The summed E-state index contributed by atoms with van der Waals surface area (Å²) in [6.45, 7) is 8.86. The number of benzene rings is 2. The minimum Gasteiger partial charge on any atom is -0.266 e. The van der Waals surface area contributed by atoms with Gasteiger partial charge in [-0.1, -0.05) is 61.1 Å². The summed E-state index contributed by atoms with van der Waals surface area (Å²) in [5.74, 6) is 0.0316. The minimum absolute atomic E-state index is 0.0316. The first-order valence-electron chi connectivity index (χ1n) is 8.28. The quantitative estimate of drug-likeness (QED) is 0.460. The molecule has 2 aromatic rings. The van der Waals surface area contributed by atoms with Crippen LogP contribution in [0.2, 0.25) is 30.7 Å². The fraction of sp³-hybridized carbons (Fsp3) is 0.368. The van der Waals surface area contributed by atoms with Gasteiger partial charge in [-0.3, -0.25) is 4.18 Å². The highest BCUT2D eigenvalue weighted by Crippen LogP contribution is 2.29. The molecule has 0 radical (unpaired) electrons. The number of hydrogen-bond acceptors (Lipinski definition) is 3. The van der Waals surface area contributed by atoms with Crippen molar-refractivity contribution in [3.63, 3.8) is 0 Å². The Bertz CT molecular complexity index is 794. The van der Waals surface area contributed by atoms with Gasteiger partial charge in [0.15, 0.2) is 0 Å². The molecular weight excluding hydrogens is 372 g/mol. The Morgan fingerprint density at radius 2 is 1.56 bits per heavy atom. The molecule has 25 heavy (non-hydrogen) atoms. The fourth-order valence-electron chi connectivity index (χ4n) is 2.69. The molecule has 0 heterocycles. The zero-order chi connectivity index (χ0) is 18.7. The second-order valence-electron chi connectivity index (χ2n) is 7.56. The van der Waals surface area contributed by atoms with Crippen LogP contribution < -0.4 is 0 Å². The van der Waals surface area contributed by atoms with E-state index < -0.39 is 18.2 Å². The third-order valence-corrected chi connectivity index (χ3v) is 7.20. The molecule has 136 valence electrons. The van der Waals surface area contributed by atoms with Gasteiger partial charge in [0.25, 0.3) is 10.1 Å². The second kappa shape index (κ2) is 8.04. The van der Waals surface area contributed by atoms with Crippen molar-refractivity contribution in [2.45, 2.75) is 43.4 Å². The highest BCUT2D eigenvalue weighted by molar-refractivity contribution is 7.86. The Balaban J connectivity index is 2.18. The lowest BCUT2D eigenvalue weighted by Crippen LogP contribution is -2.26. The molecule has 0 aliphatic rings. The summed E-state index contributed by atoms with van der Waals surface area (Å²) in [5, 5.41) is 0.670. The minimum atomic E-state index is -3.75. The van der Waals surface area contributed by atoms with Gasteiger partial charge in [0, 0.05) is 19.0 Å². The van der Waals surface area contributed by atoms with Crippen molar-refractivity contribution in [2.24, 2.45) is 0 Å². The van der Waals surface area contributed by atoms with Gasteiger partial charge >= 0.3 is 0 Å². The number of hydrogen-bond donors (Lipinski definition) is 0. The summed E-state index contributed by atoms with van der Waals surface area (Å²) < 4.78 is 30.3. The zero-order valence-corrected chi connectivity index (χ0v) is 17.7. The molecule has 1 unspecified atom stereocenters. The first kappa shape index (κ1) is 20.2. The molecule has 3 nitrogen and oxygen atoms in total. The molecular formula is C19H25ClO3SSi. The molecule has 0 N–H and O–H groups in total. The average molecular weight is 397 g/mol. The number of halogens is 1. The molecule has 0 saturated carbocycles. The summed E-state index contributed by atoms with van der Waals surface area (Å²) in [4.78, 5) is 0.195. The van der Waals surface area contributed by atoms with E-state index in [0.717, 1.165) is 17.2 Å². The molecule has 2 rings (SSSR count). The molecule has 0 aliphatic carbocycles. The third-order valence-electron chi connectivity index (χ3n) is 3.93. The summed E-state index contributed by atoms with van der Waals surface area (Å²) in [6.07, 6.45) is 0. The van der Waals surface area contributed by atoms with E-state index in [1.807, 2.05) is 31.2 Å².